The van der Waals surface area contributed by atoms with E-state index in [-0.39, 0.29) is 6.09 Å². The molecule has 0 aliphatic carbocycles. The van der Waals surface area contributed by atoms with Crippen molar-refractivity contribution < 1.29 is 9.53 Å². The minimum absolute atomic E-state index is 0.174. The Balaban J connectivity index is 2.47. The quantitative estimate of drug-likeness (QED) is 0.773. The third-order valence-corrected chi connectivity index (χ3v) is 2.68. The van der Waals surface area contributed by atoms with E-state index >= 15 is 0 Å². The molecule has 1 heterocycles. The van der Waals surface area contributed by atoms with E-state index in [1.165, 1.54) is 0 Å². The van der Waals surface area contributed by atoms with Crippen LogP contribution in [0.1, 0.15) is 27.2 Å². The van der Waals surface area contributed by atoms with Gasteiger partial charge >= 0.3 is 6.09 Å². The van der Waals surface area contributed by atoms with Crippen LogP contribution in [0.5, 0.6) is 0 Å². The van der Waals surface area contributed by atoms with Crippen LogP contribution in [0.3, 0.4) is 0 Å². The summed E-state index contributed by atoms with van der Waals surface area (Å²) in [4.78, 5) is 13.4. The summed E-state index contributed by atoms with van der Waals surface area (Å²) >= 11 is 0. The average Bonchev–Trinajstić information content (AvgIpc) is 2.17. The molecule has 0 aromatic heterocycles. The molecular weight excluding hydrogens is 192 g/mol. The van der Waals surface area contributed by atoms with Crippen LogP contribution in [0.25, 0.3) is 0 Å². The van der Waals surface area contributed by atoms with E-state index in [4.69, 9.17) is 4.74 Å². The molecule has 1 aliphatic rings. The summed E-state index contributed by atoms with van der Waals surface area (Å²) in [6.07, 6.45) is 0.968. The molecule has 4 heteroatoms. The number of piperidine rings is 1. The largest absolute Gasteiger partial charge is 0.450 e. The molecule has 1 rings (SSSR count). The SMILES string of the molecule is CCNC1CC(C)CN(C(=O)OCC)C1. The summed E-state index contributed by atoms with van der Waals surface area (Å²) in [5.41, 5.74) is 0. The summed E-state index contributed by atoms with van der Waals surface area (Å²) in [7, 11) is 0. The van der Waals surface area contributed by atoms with Gasteiger partial charge in [-0.1, -0.05) is 13.8 Å². The average molecular weight is 214 g/mol. The fourth-order valence-electron chi connectivity index (χ4n) is 2.15. The van der Waals surface area contributed by atoms with Crippen molar-refractivity contribution in [3.63, 3.8) is 0 Å². The van der Waals surface area contributed by atoms with Crippen molar-refractivity contribution in [3.05, 3.63) is 0 Å². The van der Waals surface area contributed by atoms with Gasteiger partial charge in [0.1, 0.15) is 0 Å². The van der Waals surface area contributed by atoms with Crippen molar-refractivity contribution in [1.29, 1.82) is 0 Å². The molecule has 88 valence electrons. The molecule has 15 heavy (non-hydrogen) atoms. The van der Waals surface area contributed by atoms with Gasteiger partial charge in [-0.05, 0) is 25.8 Å². The van der Waals surface area contributed by atoms with Gasteiger partial charge in [0, 0.05) is 19.1 Å². The van der Waals surface area contributed by atoms with E-state index in [2.05, 4.69) is 19.2 Å². The molecule has 2 unspecified atom stereocenters. The van der Waals surface area contributed by atoms with E-state index in [0.29, 0.717) is 18.6 Å². The first-order valence-electron chi connectivity index (χ1n) is 5.82. The third-order valence-electron chi connectivity index (χ3n) is 2.68. The van der Waals surface area contributed by atoms with Crippen LogP contribution in [0.2, 0.25) is 0 Å². The number of hydrogen-bond acceptors (Lipinski definition) is 3. The minimum Gasteiger partial charge on any atom is -0.450 e. The molecule has 0 aromatic carbocycles. The van der Waals surface area contributed by atoms with Crippen LogP contribution in [-0.2, 0) is 4.74 Å². The van der Waals surface area contributed by atoms with Crippen molar-refractivity contribution in [2.24, 2.45) is 5.92 Å². The van der Waals surface area contributed by atoms with Crippen LogP contribution in [0.4, 0.5) is 4.79 Å². The summed E-state index contributed by atoms with van der Waals surface area (Å²) in [6.45, 7) is 9.11. The molecule has 1 saturated heterocycles. The van der Waals surface area contributed by atoms with Gasteiger partial charge in [0.25, 0.3) is 0 Å². The first-order valence-corrected chi connectivity index (χ1v) is 5.82. The maximum Gasteiger partial charge on any atom is 0.409 e. The zero-order chi connectivity index (χ0) is 11.3. The molecule has 4 nitrogen and oxygen atoms in total. The third kappa shape index (κ3) is 3.70. The number of hydrogen-bond donors (Lipinski definition) is 1. The van der Waals surface area contributed by atoms with E-state index in [9.17, 15) is 4.79 Å². The summed E-state index contributed by atoms with van der Waals surface area (Å²) in [6, 6.07) is 0.420. The molecule has 0 bridgehead atoms. The highest BCUT2D eigenvalue weighted by molar-refractivity contribution is 5.67. The second-order valence-electron chi connectivity index (χ2n) is 4.20. The number of ether oxygens (including phenoxy) is 1. The van der Waals surface area contributed by atoms with Crippen LogP contribution in [0.15, 0.2) is 0 Å². The van der Waals surface area contributed by atoms with Gasteiger partial charge in [0.05, 0.1) is 6.61 Å². The number of amides is 1. The Morgan fingerprint density at radius 3 is 2.80 bits per heavy atom. The highest BCUT2D eigenvalue weighted by atomic mass is 16.6. The fourth-order valence-corrected chi connectivity index (χ4v) is 2.15. The zero-order valence-electron chi connectivity index (χ0n) is 9.95. The summed E-state index contributed by atoms with van der Waals surface area (Å²) < 4.78 is 5.02. The highest BCUT2D eigenvalue weighted by Crippen LogP contribution is 2.16. The van der Waals surface area contributed by atoms with Gasteiger partial charge in [-0.3, -0.25) is 0 Å². The van der Waals surface area contributed by atoms with Crippen molar-refractivity contribution in [2.45, 2.75) is 33.2 Å². The molecule has 1 fully saturated rings. The standard InChI is InChI=1S/C11H22N2O2/c1-4-12-10-6-9(3)7-13(8-10)11(14)15-5-2/h9-10,12H,4-8H2,1-3H3. The summed E-state index contributed by atoms with van der Waals surface area (Å²) in [5, 5.41) is 3.39. The Morgan fingerprint density at radius 2 is 2.20 bits per heavy atom. The number of likely N-dealkylation sites (tertiary alicyclic amines) is 1. The van der Waals surface area contributed by atoms with Crippen molar-refractivity contribution in [1.82, 2.24) is 10.2 Å². The monoisotopic (exact) mass is 214 g/mol. The Labute approximate surface area is 92.0 Å². The fraction of sp³-hybridized carbons (Fsp3) is 0.909. The smallest absolute Gasteiger partial charge is 0.409 e. The number of rotatable bonds is 3. The van der Waals surface area contributed by atoms with E-state index in [1.807, 2.05) is 11.8 Å². The van der Waals surface area contributed by atoms with Crippen LogP contribution >= 0.6 is 0 Å². The molecule has 1 N–H and O–H groups in total. The lowest BCUT2D eigenvalue weighted by atomic mass is 9.96. The van der Waals surface area contributed by atoms with Crippen LogP contribution in [-0.4, -0.2) is 43.3 Å². The summed E-state index contributed by atoms with van der Waals surface area (Å²) in [5.74, 6) is 0.548. The molecule has 1 amide bonds. The Morgan fingerprint density at radius 1 is 1.47 bits per heavy atom. The topological polar surface area (TPSA) is 41.6 Å². The second kappa shape index (κ2) is 5.95. The number of nitrogens with zero attached hydrogens (tertiary/aromatic N) is 1. The van der Waals surface area contributed by atoms with E-state index < -0.39 is 0 Å². The number of carbonyl (C=O) groups excluding carboxylic acids is 1. The van der Waals surface area contributed by atoms with Crippen molar-refractivity contribution in [2.75, 3.05) is 26.2 Å². The van der Waals surface area contributed by atoms with Crippen molar-refractivity contribution in [3.8, 4) is 0 Å². The molecule has 0 radical (unpaired) electrons. The lowest BCUT2D eigenvalue weighted by Crippen LogP contribution is -2.50. The Hall–Kier alpha value is -0.770. The Bertz CT molecular complexity index is 209. The predicted molar refractivity (Wildman–Crippen MR) is 59.8 cm³/mol. The second-order valence-corrected chi connectivity index (χ2v) is 4.20. The lowest BCUT2D eigenvalue weighted by molar-refractivity contribution is 0.0817. The van der Waals surface area contributed by atoms with E-state index in [0.717, 1.165) is 26.1 Å². The molecule has 0 aromatic rings. The molecule has 0 spiro atoms. The van der Waals surface area contributed by atoms with Gasteiger partial charge in [0.15, 0.2) is 0 Å². The maximum atomic E-state index is 11.6. The maximum absolute atomic E-state index is 11.6. The van der Waals surface area contributed by atoms with Gasteiger partial charge in [-0.25, -0.2) is 4.79 Å². The molecule has 1 aliphatic heterocycles. The van der Waals surface area contributed by atoms with E-state index in [1.54, 1.807) is 0 Å². The van der Waals surface area contributed by atoms with Crippen LogP contribution < -0.4 is 5.32 Å². The molecule has 2 atom stereocenters. The Kier molecular flexibility index (Phi) is 4.88. The predicted octanol–water partition coefficient (Wildman–Crippen LogP) is 1.46. The number of nitrogens with one attached hydrogen (secondary N) is 1. The number of carbonyl (C=O) groups is 1. The zero-order valence-corrected chi connectivity index (χ0v) is 9.95. The van der Waals surface area contributed by atoms with Gasteiger partial charge in [0.2, 0.25) is 0 Å². The minimum atomic E-state index is -0.174. The molecular formula is C11H22N2O2. The highest BCUT2D eigenvalue weighted by Gasteiger charge is 2.27. The van der Waals surface area contributed by atoms with Gasteiger partial charge < -0.3 is 15.0 Å². The lowest BCUT2D eigenvalue weighted by Gasteiger charge is -2.36. The first kappa shape index (κ1) is 12.3. The van der Waals surface area contributed by atoms with Gasteiger partial charge in [-0.2, -0.15) is 0 Å². The van der Waals surface area contributed by atoms with Crippen LogP contribution in [0, 0.1) is 5.92 Å². The molecule has 0 saturated carbocycles. The van der Waals surface area contributed by atoms with Crippen molar-refractivity contribution >= 4 is 6.09 Å². The normalized spacial score (nSPS) is 26.5. The van der Waals surface area contributed by atoms with Gasteiger partial charge in [-0.15, -0.1) is 0 Å². The first-order chi connectivity index (χ1) is 7.17. The number of likely N-dealkylation sites (N-methyl/N-ethyl adjacent to an activating group) is 1.